The molecule has 3 fully saturated rings. The standard InChI is InChI=1S/C17H20O8/c1-7-4-9-16(5-23-8(2)18,13(22)10(7)19)15(3)12(21)11(20)14(25-9)17(15)6-24-17/h4,9,12-14,21-22H,5-6H2,1-3H3/t9-,12?,13-,14-,15-,16-,17+/m1/s1. The highest BCUT2D eigenvalue weighted by molar-refractivity contribution is 6.01. The van der Waals surface area contributed by atoms with Gasteiger partial charge < -0.3 is 24.4 Å². The Kier molecular flexibility index (Phi) is 3.21. The van der Waals surface area contributed by atoms with E-state index >= 15 is 0 Å². The van der Waals surface area contributed by atoms with E-state index < -0.39 is 58.4 Å². The van der Waals surface area contributed by atoms with Gasteiger partial charge in [0.1, 0.15) is 24.4 Å². The molecule has 136 valence electrons. The normalized spacial score (nSPS) is 50.5. The summed E-state index contributed by atoms with van der Waals surface area (Å²) in [5, 5.41) is 21.7. The Hall–Kier alpha value is -1.61. The molecular formula is C17H20O8. The van der Waals surface area contributed by atoms with Gasteiger partial charge in [0.15, 0.2) is 17.7 Å². The third-order valence-electron chi connectivity index (χ3n) is 6.63. The Bertz CT molecular complexity index is 722. The van der Waals surface area contributed by atoms with Crippen molar-refractivity contribution in [3.63, 3.8) is 0 Å². The molecule has 2 saturated heterocycles. The molecule has 8 heteroatoms. The number of rotatable bonds is 2. The third-order valence-corrected chi connectivity index (χ3v) is 6.63. The molecule has 2 bridgehead atoms. The predicted octanol–water partition coefficient (Wildman–Crippen LogP) is -1.09. The molecule has 2 N–H and O–H groups in total. The lowest BCUT2D eigenvalue weighted by Gasteiger charge is -2.58. The Morgan fingerprint density at radius 1 is 1.36 bits per heavy atom. The number of ether oxygens (including phenoxy) is 3. The minimum atomic E-state index is -1.60. The lowest BCUT2D eigenvalue weighted by Crippen LogP contribution is -2.72. The van der Waals surface area contributed by atoms with Crippen LogP contribution in [0.1, 0.15) is 20.8 Å². The molecule has 2 heterocycles. The number of Topliss-reactive ketones (excluding diaryl/α,β-unsaturated/α-hetero) is 2. The molecule has 2 aliphatic heterocycles. The summed E-state index contributed by atoms with van der Waals surface area (Å²) in [6.45, 7) is 4.15. The molecule has 7 atom stereocenters. The molecular weight excluding hydrogens is 332 g/mol. The van der Waals surface area contributed by atoms with Gasteiger partial charge in [0, 0.05) is 12.3 Å². The number of epoxide rings is 1. The highest BCUT2D eigenvalue weighted by Crippen LogP contribution is 2.70. The van der Waals surface area contributed by atoms with Crippen molar-refractivity contribution in [1.29, 1.82) is 0 Å². The number of hydrogen-bond donors (Lipinski definition) is 2. The van der Waals surface area contributed by atoms with Crippen molar-refractivity contribution in [3.8, 4) is 0 Å². The van der Waals surface area contributed by atoms with Crippen LogP contribution in [0, 0.1) is 10.8 Å². The van der Waals surface area contributed by atoms with Gasteiger partial charge in [-0.15, -0.1) is 0 Å². The van der Waals surface area contributed by atoms with Gasteiger partial charge in [0.25, 0.3) is 0 Å². The van der Waals surface area contributed by atoms with Crippen LogP contribution in [0.5, 0.6) is 0 Å². The molecule has 0 aromatic rings. The van der Waals surface area contributed by atoms with Crippen LogP contribution in [-0.2, 0) is 28.6 Å². The third kappa shape index (κ3) is 1.64. The van der Waals surface area contributed by atoms with Gasteiger partial charge in [-0.2, -0.15) is 0 Å². The Morgan fingerprint density at radius 3 is 2.56 bits per heavy atom. The number of esters is 1. The van der Waals surface area contributed by atoms with E-state index in [1.165, 1.54) is 13.0 Å². The van der Waals surface area contributed by atoms with Crippen molar-refractivity contribution in [1.82, 2.24) is 0 Å². The zero-order valence-electron chi connectivity index (χ0n) is 14.1. The molecule has 25 heavy (non-hydrogen) atoms. The number of fused-ring (bicyclic) bond motifs is 2. The average Bonchev–Trinajstić information content (AvgIpc) is 3.34. The molecule has 0 aromatic carbocycles. The van der Waals surface area contributed by atoms with Crippen molar-refractivity contribution in [3.05, 3.63) is 11.6 Å². The van der Waals surface area contributed by atoms with E-state index in [1.54, 1.807) is 13.8 Å². The highest BCUT2D eigenvalue weighted by atomic mass is 16.6. The van der Waals surface area contributed by atoms with E-state index in [0.29, 0.717) is 5.57 Å². The zero-order chi connectivity index (χ0) is 18.4. The maximum atomic E-state index is 12.6. The van der Waals surface area contributed by atoms with Gasteiger partial charge in [-0.25, -0.2) is 0 Å². The highest BCUT2D eigenvalue weighted by Gasteiger charge is 2.87. The molecule has 1 unspecified atom stereocenters. The molecule has 0 amide bonds. The largest absolute Gasteiger partial charge is 0.465 e. The van der Waals surface area contributed by atoms with Crippen molar-refractivity contribution in [2.75, 3.05) is 13.2 Å². The second-order valence-electron chi connectivity index (χ2n) is 7.56. The lowest BCUT2D eigenvalue weighted by atomic mass is 9.50. The van der Waals surface area contributed by atoms with Crippen molar-refractivity contribution >= 4 is 17.5 Å². The summed E-state index contributed by atoms with van der Waals surface area (Å²) in [4.78, 5) is 36.6. The summed E-state index contributed by atoms with van der Waals surface area (Å²) in [5.74, 6) is -1.69. The first kappa shape index (κ1) is 16.8. The number of ketones is 2. The maximum Gasteiger partial charge on any atom is 0.302 e. The van der Waals surface area contributed by atoms with Gasteiger partial charge in [-0.05, 0) is 18.6 Å². The smallest absolute Gasteiger partial charge is 0.302 e. The molecule has 2 aliphatic carbocycles. The number of carbonyl (C=O) groups excluding carboxylic acids is 3. The van der Waals surface area contributed by atoms with Crippen LogP contribution in [-0.4, -0.2) is 71.0 Å². The molecule has 4 rings (SSSR count). The predicted molar refractivity (Wildman–Crippen MR) is 80.3 cm³/mol. The van der Waals surface area contributed by atoms with E-state index in [4.69, 9.17) is 14.2 Å². The maximum absolute atomic E-state index is 12.6. The van der Waals surface area contributed by atoms with E-state index in [0.717, 1.165) is 0 Å². The SMILES string of the molecule is CC(=O)OC[C@]12[C@H](O)C(=O)C(C)=C[C@H]1O[C@@H]1C(=O)C(O)[C@@]2(C)[C@]12CO2. The first-order valence-corrected chi connectivity index (χ1v) is 8.19. The fourth-order valence-corrected chi connectivity index (χ4v) is 5.00. The number of aliphatic hydroxyl groups excluding tert-OH is 2. The fourth-order valence-electron chi connectivity index (χ4n) is 5.00. The molecule has 4 aliphatic rings. The molecule has 8 nitrogen and oxygen atoms in total. The van der Waals surface area contributed by atoms with Crippen LogP contribution in [0.2, 0.25) is 0 Å². The van der Waals surface area contributed by atoms with Crippen LogP contribution < -0.4 is 0 Å². The van der Waals surface area contributed by atoms with Crippen molar-refractivity contribution in [2.45, 2.75) is 50.8 Å². The second-order valence-corrected chi connectivity index (χ2v) is 7.56. The summed E-state index contributed by atoms with van der Waals surface area (Å²) in [6, 6.07) is 0. The quantitative estimate of drug-likeness (QED) is 0.475. The molecule has 0 aromatic heterocycles. The Balaban J connectivity index is 1.95. The number of carbonyl (C=O) groups is 3. The summed E-state index contributed by atoms with van der Waals surface area (Å²) in [5.41, 5.74) is -3.69. The Labute approximate surface area is 143 Å². The van der Waals surface area contributed by atoms with Gasteiger partial charge in [0.05, 0.1) is 18.1 Å². The van der Waals surface area contributed by atoms with Crippen molar-refractivity contribution in [2.24, 2.45) is 10.8 Å². The number of aliphatic hydroxyl groups is 2. The van der Waals surface area contributed by atoms with Crippen LogP contribution in [0.3, 0.4) is 0 Å². The van der Waals surface area contributed by atoms with E-state index in [-0.39, 0.29) is 13.2 Å². The van der Waals surface area contributed by atoms with Crippen LogP contribution in [0.15, 0.2) is 11.6 Å². The van der Waals surface area contributed by atoms with Gasteiger partial charge >= 0.3 is 5.97 Å². The zero-order valence-corrected chi connectivity index (χ0v) is 14.1. The number of hydrogen-bond acceptors (Lipinski definition) is 8. The first-order chi connectivity index (χ1) is 11.6. The van der Waals surface area contributed by atoms with Crippen molar-refractivity contribution < 1.29 is 38.8 Å². The topological polar surface area (TPSA) is 123 Å². The molecule has 0 radical (unpaired) electrons. The van der Waals surface area contributed by atoms with E-state index in [2.05, 4.69) is 0 Å². The van der Waals surface area contributed by atoms with E-state index in [9.17, 15) is 24.6 Å². The molecule has 1 spiro atoms. The van der Waals surface area contributed by atoms with E-state index in [1.807, 2.05) is 0 Å². The van der Waals surface area contributed by atoms with Gasteiger partial charge in [-0.1, -0.05) is 6.92 Å². The average molecular weight is 352 g/mol. The summed E-state index contributed by atoms with van der Waals surface area (Å²) in [7, 11) is 0. The minimum absolute atomic E-state index is 0.162. The summed E-state index contributed by atoms with van der Waals surface area (Å²) < 4.78 is 16.7. The second kappa shape index (κ2) is 4.76. The Morgan fingerprint density at radius 2 is 2.00 bits per heavy atom. The van der Waals surface area contributed by atoms with Crippen LogP contribution in [0.25, 0.3) is 0 Å². The van der Waals surface area contributed by atoms with Crippen LogP contribution in [0.4, 0.5) is 0 Å². The van der Waals surface area contributed by atoms with Crippen LogP contribution >= 0.6 is 0 Å². The molecule has 1 saturated carbocycles. The lowest BCUT2D eigenvalue weighted by molar-refractivity contribution is -0.255. The summed E-state index contributed by atoms with van der Waals surface area (Å²) >= 11 is 0. The fraction of sp³-hybridized carbons (Fsp3) is 0.706. The van der Waals surface area contributed by atoms with Gasteiger partial charge in [-0.3, -0.25) is 14.4 Å². The minimum Gasteiger partial charge on any atom is -0.465 e. The van der Waals surface area contributed by atoms with Gasteiger partial charge in [0.2, 0.25) is 0 Å². The summed E-state index contributed by atoms with van der Waals surface area (Å²) in [6.07, 6.45) is -3.42. The monoisotopic (exact) mass is 352 g/mol. The first-order valence-electron chi connectivity index (χ1n) is 8.19.